The number of benzene rings is 1. The van der Waals surface area contributed by atoms with Gasteiger partial charge in [-0.05, 0) is 43.2 Å². The molecule has 5 rings (SSSR count). The first-order valence-electron chi connectivity index (χ1n) is 12.7. The number of amides is 3. The summed E-state index contributed by atoms with van der Waals surface area (Å²) in [5.74, 6) is -6.70. The first kappa shape index (κ1) is 27.2. The predicted molar refractivity (Wildman–Crippen MR) is 132 cm³/mol. The Morgan fingerprint density at radius 2 is 2.05 bits per heavy atom. The maximum atomic E-state index is 14.3. The molecule has 2 aliphatic heterocycles. The lowest BCUT2D eigenvalue weighted by Gasteiger charge is -2.29. The fourth-order valence-corrected chi connectivity index (χ4v) is 6.47. The molecule has 208 valence electrons. The zero-order chi connectivity index (χ0) is 28.1. The van der Waals surface area contributed by atoms with E-state index in [4.69, 9.17) is 11.6 Å². The first-order chi connectivity index (χ1) is 18.5. The largest absolute Gasteiger partial charge is 0.356 e. The van der Waals surface area contributed by atoms with E-state index in [2.05, 4.69) is 15.6 Å². The van der Waals surface area contributed by atoms with Crippen molar-refractivity contribution in [2.75, 3.05) is 13.1 Å². The average Bonchev–Trinajstić information content (AvgIpc) is 3.54. The molecule has 1 aliphatic carbocycles. The molecule has 0 radical (unpaired) electrons. The SMILES string of the molecule is N#C[C@H](C[C@H]1CCCNC1=O)NC(=O)[C@H]1[C@@H]2CC(F)(F)C[C@@H]2CN1C(=O)c1cc2c(C(F)F)ccc(Cl)c2[nH]1. The molecule has 3 amide bonds. The van der Waals surface area contributed by atoms with E-state index in [1.54, 1.807) is 0 Å². The molecule has 5 atom stereocenters. The van der Waals surface area contributed by atoms with E-state index in [1.807, 2.05) is 6.07 Å². The van der Waals surface area contributed by atoms with Gasteiger partial charge in [-0.15, -0.1) is 0 Å². The van der Waals surface area contributed by atoms with Crippen molar-refractivity contribution in [1.29, 1.82) is 5.26 Å². The van der Waals surface area contributed by atoms with Gasteiger partial charge in [0.25, 0.3) is 12.3 Å². The lowest BCUT2D eigenvalue weighted by atomic mass is 9.90. The van der Waals surface area contributed by atoms with Crippen LogP contribution >= 0.6 is 11.6 Å². The number of rotatable bonds is 6. The molecule has 0 bridgehead atoms. The van der Waals surface area contributed by atoms with Crippen molar-refractivity contribution in [3.05, 3.63) is 34.5 Å². The van der Waals surface area contributed by atoms with Gasteiger partial charge in [0.1, 0.15) is 17.8 Å². The zero-order valence-corrected chi connectivity index (χ0v) is 21.4. The van der Waals surface area contributed by atoms with Gasteiger partial charge in [-0.3, -0.25) is 14.4 Å². The van der Waals surface area contributed by atoms with E-state index >= 15 is 0 Å². The van der Waals surface area contributed by atoms with Gasteiger partial charge in [0, 0.05) is 42.8 Å². The van der Waals surface area contributed by atoms with Gasteiger partial charge in [0.05, 0.1) is 16.6 Å². The Morgan fingerprint density at radius 3 is 2.74 bits per heavy atom. The summed E-state index contributed by atoms with van der Waals surface area (Å²) in [5, 5.41) is 15.1. The highest BCUT2D eigenvalue weighted by molar-refractivity contribution is 6.35. The molecule has 2 saturated heterocycles. The Kier molecular flexibility index (Phi) is 7.22. The Bertz CT molecular complexity index is 1360. The van der Waals surface area contributed by atoms with Gasteiger partial charge in [-0.2, -0.15) is 5.26 Å². The molecule has 13 heteroatoms. The fourth-order valence-electron chi connectivity index (χ4n) is 6.25. The number of fused-ring (bicyclic) bond motifs is 2. The highest BCUT2D eigenvalue weighted by atomic mass is 35.5. The molecule has 3 heterocycles. The Balaban J connectivity index is 1.42. The molecular weight excluding hydrogens is 542 g/mol. The smallest absolute Gasteiger partial charge is 0.271 e. The Hall–Kier alpha value is -3.33. The minimum Gasteiger partial charge on any atom is -0.356 e. The van der Waals surface area contributed by atoms with Crippen molar-refractivity contribution < 1.29 is 31.9 Å². The number of hydrogen-bond donors (Lipinski definition) is 3. The van der Waals surface area contributed by atoms with Gasteiger partial charge < -0.3 is 20.5 Å². The number of aromatic nitrogens is 1. The van der Waals surface area contributed by atoms with Crippen LogP contribution in [0.15, 0.2) is 18.2 Å². The van der Waals surface area contributed by atoms with Crippen LogP contribution in [0.25, 0.3) is 10.9 Å². The molecule has 3 aliphatic rings. The average molecular weight is 568 g/mol. The number of carbonyl (C=O) groups excluding carboxylic acids is 3. The molecule has 1 aromatic carbocycles. The monoisotopic (exact) mass is 567 g/mol. The molecule has 39 heavy (non-hydrogen) atoms. The van der Waals surface area contributed by atoms with E-state index < -0.39 is 66.8 Å². The number of carbonyl (C=O) groups is 3. The van der Waals surface area contributed by atoms with Crippen LogP contribution in [0.3, 0.4) is 0 Å². The summed E-state index contributed by atoms with van der Waals surface area (Å²) in [6, 6.07) is 3.26. The Labute approximate surface area is 226 Å². The fraction of sp³-hybridized carbons (Fsp3) is 0.538. The van der Waals surface area contributed by atoms with Gasteiger partial charge in [0.2, 0.25) is 17.7 Å². The first-order valence-corrected chi connectivity index (χ1v) is 13.1. The molecule has 0 spiro atoms. The number of nitriles is 1. The number of nitrogens with zero attached hydrogens (tertiary/aromatic N) is 2. The van der Waals surface area contributed by atoms with Crippen LogP contribution in [-0.4, -0.2) is 58.7 Å². The number of aromatic amines is 1. The number of likely N-dealkylation sites (tertiary alicyclic amines) is 1. The van der Waals surface area contributed by atoms with Crippen LogP contribution in [-0.2, 0) is 9.59 Å². The number of piperidine rings is 1. The van der Waals surface area contributed by atoms with Gasteiger partial charge in [-0.1, -0.05) is 17.7 Å². The van der Waals surface area contributed by atoms with E-state index in [0.29, 0.717) is 13.0 Å². The summed E-state index contributed by atoms with van der Waals surface area (Å²) in [6.07, 6.45) is -2.60. The van der Waals surface area contributed by atoms with Crippen LogP contribution in [0.5, 0.6) is 0 Å². The minimum atomic E-state index is -3.00. The van der Waals surface area contributed by atoms with E-state index in [1.165, 1.54) is 17.0 Å². The third kappa shape index (κ3) is 5.16. The van der Waals surface area contributed by atoms with Gasteiger partial charge in [-0.25, -0.2) is 17.6 Å². The second kappa shape index (κ2) is 10.3. The molecule has 2 aromatic rings. The third-order valence-electron chi connectivity index (χ3n) is 8.04. The topological polar surface area (TPSA) is 118 Å². The molecule has 1 saturated carbocycles. The number of nitrogens with one attached hydrogen (secondary N) is 3. The maximum Gasteiger partial charge on any atom is 0.271 e. The quantitative estimate of drug-likeness (QED) is 0.454. The highest BCUT2D eigenvalue weighted by Crippen LogP contribution is 2.50. The van der Waals surface area contributed by atoms with Crippen molar-refractivity contribution in [1.82, 2.24) is 20.5 Å². The van der Waals surface area contributed by atoms with Crippen molar-refractivity contribution in [3.63, 3.8) is 0 Å². The minimum absolute atomic E-state index is 0.0445. The van der Waals surface area contributed by atoms with Gasteiger partial charge in [0.15, 0.2) is 0 Å². The summed E-state index contributed by atoms with van der Waals surface area (Å²) >= 11 is 6.16. The summed E-state index contributed by atoms with van der Waals surface area (Å²) in [7, 11) is 0. The number of H-pyrrole nitrogens is 1. The molecule has 0 unspecified atom stereocenters. The predicted octanol–water partition coefficient (Wildman–Crippen LogP) is 4.17. The summed E-state index contributed by atoms with van der Waals surface area (Å²) in [6.45, 7) is 0.400. The van der Waals surface area contributed by atoms with Crippen molar-refractivity contribution in [3.8, 4) is 6.07 Å². The molecule has 3 N–H and O–H groups in total. The van der Waals surface area contributed by atoms with Crippen LogP contribution in [0.4, 0.5) is 17.6 Å². The van der Waals surface area contributed by atoms with Crippen molar-refractivity contribution in [2.45, 2.75) is 56.5 Å². The highest BCUT2D eigenvalue weighted by Gasteiger charge is 2.58. The second-order valence-electron chi connectivity index (χ2n) is 10.6. The summed E-state index contributed by atoms with van der Waals surface area (Å²) in [5.41, 5.74) is -0.319. The lowest BCUT2D eigenvalue weighted by Crippen LogP contribution is -2.52. The second-order valence-corrected chi connectivity index (χ2v) is 11.0. The molecular formula is C26H26ClF4N5O3. The zero-order valence-electron chi connectivity index (χ0n) is 20.7. The maximum absolute atomic E-state index is 14.3. The molecule has 8 nitrogen and oxygen atoms in total. The van der Waals surface area contributed by atoms with E-state index in [9.17, 15) is 37.2 Å². The normalized spacial score (nSPS) is 26.8. The van der Waals surface area contributed by atoms with Crippen molar-refractivity contribution >= 4 is 40.2 Å². The standard InChI is InChI=1S/C26H26ClF4N5O3/c27-18-4-3-15(22(28)29)16-7-19(35-20(16)18)25(39)36-11-13-8-26(30,31)9-17(13)21(36)24(38)34-14(10-32)6-12-2-1-5-33-23(12)37/h3-4,7,12-14,17,21-22,35H,1-2,5-6,8-9,11H2,(H,33,37)(H,34,38)/t12-,13-,14+,17-,21-/m1/s1. The molecule has 1 aromatic heterocycles. The van der Waals surface area contributed by atoms with E-state index in [0.717, 1.165) is 12.5 Å². The number of halogens is 5. The third-order valence-corrected chi connectivity index (χ3v) is 8.35. The summed E-state index contributed by atoms with van der Waals surface area (Å²) in [4.78, 5) is 43.2. The summed E-state index contributed by atoms with van der Waals surface area (Å²) < 4.78 is 55.7. The van der Waals surface area contributed by atoms with Crippen LogP contribution in [0.2, 0.25) is 5.02 Å². The Morgan fingerprint density at radius 1 is 1.28 bits per heavy atom. The lowest BCUT2D eigenvalue weighted by molar-refractivity contribution is -0.129. The van der Waals surface area contributed by atoms with E-state index in [-0.39, 0.29) is 46.1 Å². The van der Waals surface area contributed by atoms with Crippen LogP contribution in [0.1, 0.15) is 54.6 Å². The number of alkyl halides is 4. The van der Waals surface area contributed by atoms with Crippen molar-refractivity contribution in [2.24, 2.45) is 17.8 Å². The van der Waals surface area contributed by atoms with Crippen LogP contribution in [0, 0.1) is 29.1 Å². The van der Waals surface area contributed by atoms with Gasteiger partial charge >= 0.3 is 0 Å². The molecule has 3 fully saturated rings. The van der Waals surface area contributed by atoms with Crippen LogP contribution < -0.4 is 10.6 Å². The number of hydrogen-bond acceptors (Lipinski definition) is 4.